The number of rotatable bonds is 1. The lowest BCUT2D eigenvalue weighted by Crippen LogP contribution is -2.26. The highest BCUT2D eigenvalue weighted by Gasteiger charge is 2.34. The summed E-state index contributed by atoms with van der Waals surface area (Å²) in [6.45, 7) is 4.00. The average Bonchev–Trinajstić information content (AvgIpc) is 2.96. The minimum Gasteiger partial charge on any atom is -0.341 e. The number of aryl methyl sites for hydroxylation is 1. The van der Waals surface area contributed by atoms with Gasteiger partial charge in [-0.2, -0.15) is 11.8 Å². The third-order valence-electron chi connectivity index (χ3n) is 2.26. The zero-order valence-corrected chi connectivity index (χ0v) is 12.4. The molecule has 1 saturated heterocycles. The Balaban J connectivity index is 0.000000308. The van der Waals surface area contributed by atoms with Crippen LogP contribution in [0.5, 0.6) is 0 Å². The maximum Gasteiger partial charge on any atom is 0.242 e. The van der Waals surface area contributed by atoms with E-state index in [9.17, 15) is 9.59 Å². The fourth-order valence-corrected chi connectivity index (χ4v) is 1.90. The number of carbonyl (C=O) groups excluding carboxylic acids is 2. The Labute approximate surface area is 113 Å². The van der Waals surface area contributed by atoms with E-state index in [-0.39, 0.29) is 17.1 Å². The lowest BCUT2D eigenvalue weighted by Gasteiger charge is -2.04. The predicted octanol–water partition coefficient (Wildman–Crippen LogP) is 1.55. The Morgan fingerprint density at radius 2 is 1.94 bits per heavy atom. The summed E-state index contributed by atoms with van der Waals surface area (Å²) in [5, 5.41) is -0.127. The van der Waals surface area contributed by atoms with Gasteiger partial charge in [0.2, 0.25) is 11.8 Å². The molecule has 0 saturated carbocycles. The van der Waals surface area contributed by atoms with Gasteiger partial charge in [-0.25, -0.2) is 4.98 Å². The zero-order valence-electron chi connectivity index (χ0n) is 11.6. The van der Waals surface area contributed by atoms with Crippen molar-refractivity contribution in [1.82, 2.24) is 14.5 Å². The first kappa shape index (κ1) is 16.7. The van der Waals surface area contributed by atoms with E-state index in [4.69, 9.17) is 0 Å². The molecule has 102 valence electrons. The van der Waals surface area contributed by atoms with Gasteiger partial charge in [-0.15, -0.1) is 0 Å². The molecule has 1 fully saturated rings. The maximum atomic E-state index is 11.0. The van der Waals surface area contributed by atoms with Gasteiger partial charge in [0.1, 0.15) is 0 Å². The number of hydrogen-bond donors (Lipinski definition) is 0. The number of imide groups is 1. The van der Waals surface area contributed by atoms with Crippen LogP contribution >= 0.6 is 11.8 Å². The summed E-state index contributed by atoms with van der Waals surface area (Å²) in [7, 11) is 3.47. The van der Waals surface area contributed by atoms with Crippen molar-refractivity contribution in [2.24, 2.45) is 7.05 Å². The van der Waals surface area contributed by atoms with Gasteiger partial charge < -0.3 is 4.57 Å². The van der Waals surface area contributed by atoms with Crippen LogP contribution in [0.1, 0.15) is 20.3 Å². The van der Waals surface area contributed by atoms with E-state index in [0.717, 1.165) is 0 Å². The highest BCUT2D eigenvalue weighted by molar-refractivity contribution is 8.00. The number of amides is 2. The standard InChI is InChI=1S/C6H9NO2S.C4H6N2.C2H6/c1-7-5(8)3-4(10-2)6(7)9;1-6-3-2-5-4-6;1-2/h4H,3H2,1-2H3;2-4H,1H3;1-2H3. The number of thioether (sulfide) groups is 1. The maximum absolute atomic E-state index is 11.0. The van der Waals surface area contributed by atoms with Crippen molar-refractivity contribution < 1.29 is 9.59 Å². The Morgan fingerprint density at radius 3 is 2.11 bits per heavy atom. The molecule has 0 spiro atoms. The molecule has 0 aliphatic carbocycles. The average molecular weight is 271 g/mol. The van der Waals surface area contributed by atoms with Crippen LogP contribution in [0.25, 0.3) is 0 Å². The summed E-state index contributed by atoms with van der Waals surface area (Å²) < 4.78 is 1.89. The molecule has 1 aromatic heterocycles. The van der Waals surface area contributed by atoms with Crippen LogP contribution in [-0.2, 0) is 16.6 Å². The van der Waals surface area contributed by atoms with Crippen LogP contribution in [0, 0.1) is 0 Å². The normalized spacial score (nSPS) is 17.8. The second kappa shape index (κ2) is 8.74. The van der Waals surface area contributed by atoms with Crippen LogP contribution in [0.4, 0.5) is 0 Å². The van der Waals surface area contributed by atoms with Crippen LogP contribution in [0.2, 0.25) is 0 Å². The van der Waals surface area contributed by atoms with Crippen LogP contribution in [-0.4, -0.2) is 44.8 Å². The van der Waals surface area contributed by atoms with E-state index in [1.54, 1.807) is 12.5 Å². The molecule has 1 aliphatic heterocycles. The molecular weight excluding hydrogens is 250 g/mol. The van der Waals surface area contributed by atoms with Crippen LogP contribution < -0.4 is 0 Å². The molecule has 2 heterocycles. The third-order valence-corrected chi connectivity index (χ3v) is 3.20. The van der Waals surface area contributed by atoms with E-state index in [1.165, 1.54) is 23.7 Å². The lowest BCUT2D eigenvalue weighted by atomic mass is 10.4. The summed E-state index contributed by atoms with van der Waals surface area (Å²) in [6, 6.07) is 0. The molecule has 2 rings (SSSR count). The van der Waals surface area contributed by atoms with Crippen molar-refractivity contribution in [1.29, 1.82) is 0 Å². The molecule has 0 N–H and O–H groups in total. The molecule has 1 aliphatic rings. The fraction of sp³-hybridized carbons (Fsp3) is 0.583. The second-order valence-electron chi connectivity index (χ2n) is 3.45. The summed E-state index contributed by atoms with van der Waals surface area (Å²) in [6.07, 6.45) is 7.60. The molecule has 0 aromatic carbocycles. The molecule has 1 unspecified atom stereocenters. The zero-order chi connectivity index (χ0) is 14.1. The molecule has 1 atom stereocenters. The Hall–Kier alpha value is -1.30. The van der Waals surface area contributed by atoms with Gasteiger partial charge in [-0.3, -0.25) is 14.5 Å². The first-order chi connectivity index (χ1) is 8.56. The molecule has 0 bridgehead atoms. The molecule has 2 amide bonds. The second-order valence-corrected chi connectivity index (χ2v) is 4.49. The topological polar surface area (TPSA) is 55.2 Å². The van der Waals surface area contributed by atoms with Gasteiger partial charge in [-0.05, 0) is 6.26 Å². The molecule has 0 radical (unpaired) electrons. The number of nitrogens with zero attached hydrogens (tertiary/aromatic N) is 3. The number of hydrogen-bond acceptors (Lipinski definition) is 4. The van der Waals surface area contributed by atoms with E-state index in [0.29, 0.717) is 6.42 Å². The number of imidazole rings is 1. The van der Waals surface area contributed by atoms with Crippen molar-refractivity contribution in [3.8, 4) is 0 Å². The van der Waals surface area contributed by atoms with E-state index in [1.807, 2.05) is 37.9 Å². The summed E-state index contributed by atoms with van der Waals surface area (Å²) in [5.74, 6) is -0.123. The Kier molecular flexibility index (Phi) is 8.11. The van der Waals surface area contributed by atoms with Gasteiger partial charge >= 0.3 is 0 Å². The summed E-state index contributed by atoms with van der Waals surface area (Å²) >= 11 is 1.44. The van der Waals surface area contributed by atoms with E-state index in [2.05, 4.69) is 4.98 Å². The summed E-state index contributed by atoms with van der Waals surface area (Å²) in [5.41, 5.74) is 0. The van der Waals surface area contributed by atoms with Crippen molar-refractivity contribution in [2.45, 2.75) is 25.5 Å². The van der Waals surface area contributed by atoms with Crippen molar-refractivity contribution in [3.63, 3.8) is 0 Å². The van der Waals surface area contributed by atoms with E-state index < -0.39 is 0 Å². The number of aromatic nitrogens is 2. The highest BCUT2D eigenvalue weighted by atomic mass is 32.2. The first-order valence-electron chi connectivity index (χ1n) is 5.81. The molecule has 6 heteroatoms. The number of carbonyl (C=O) groups is 2. The fourth-order valence-electron chi connectivity index (χ4n) is 1.23. The Morgan fingerprint density at radius 1 is 1.33 bits per heavy atom. The largest absolute Gasteiger partial charge is 0.341 e. The minimum absolute atomic E-state index is 0.0579. The van der Waals surface area contributed by atoms with Crippen molar-refractivity contribution >= 4 is 23.6 Å². The highest BCUT2D eigenvalue weighted by Crippen LogP contribution is 2.21. The van der Waals surface area contributed by atoms with Gasteiger partial charge in [0.15, 0.2) is 0 Å². The molecule has 18 heavy (non-hydrogen) atoms. The number of likely N-dealkylation sites (tertiary alicyclic amines) is 1. The van der Waals surface area contributed by atoms with Crippen LogP contribution in [0.15, 0.2) is 18.7 Å². The smallest absolute Gasteiger partial charge is 0.242 e. The van der Waals surface area contributed by atoms with Gasteiger partial charge in [-0.1, -0.05) is 13.8 Å². The third kappa shape index (κ3) is 4.91. The molecule has 1 aromatic rings. The van der Waals surface area contributed by atoms with Crippen LogP contribution in [0.3, 0.4) is 0 Å². The molecule has 5 nitrogen and oxygen atoms in total. The first-order valence-corrected chi connectivity index (χ1v) is 7.10. The quantitative estimate of drug-likeness (QED) is 0.727. The molecular formula is C12H21N3O2S. The SMILES string of the molecule is CC.CSC1CC(=O)N(C)C1=O.Cn1ccnc1. The van der Waals surface area contributed by atoms with Gasteiger partial charge in [0.05, 0.1) is 11.6 Å². The monoisotopic (exact) mass is 271 g/mol. The van der Waals surface area contributed by atoms with Crippen molar-refractivity contribution in [2.75, 3.05) is 13.3 Å². The minimum atomic E-state index is -0.127. The van der Waals surface area contributed by atoms with Gasteiger partial charge in [0.25, 0.3) is 0 Å². The lowest BCUT2D eigenvalue weighted by molar-refractivity contribution is -0.136. The van der Waals surface area contributed by atoms with E-state index >= 15 is 0 Å². The predicted molar refractivity (Wildman–Crippen MR) is 74.3 cm³/mol. The summed E-state index contributed by atoms with van der Waals surface area (Å²) in [4.78, 5) is 26.9. The Bertz CT molecular complexity index is 365. The van der Waals surface area contributed by atoms with Gasteiger partial charge in [0, 0.05) is 32.9 Å². The van der Waals surface area contributed by atoms with Crippen molar-refractivity contribution in [3.05, 3.63) is 18.7 Å².